The van der Waals surface area contributed by atoms with Crippen LogP contribution in [0.2, 0.25) is 0 Å². The summed E-state index contributed by atoms with van der Waals surface area (Å²) in [5.74, 6) is 0.279. The Labute approximate surface area is 101 Å². The zero-order valence-corrected chi connectivity index (χ0v) is 9.84. The highest BCUT2D eigenvalue weighted by molar-refractivity contribution is 5.80. The minimum atomic E-state index is 0.0916. The van der Waals surface area contributed by atoms with Gasteiger partial charge >= 0.3 is 0 Å². The summed E-state index contributed by atoms with van der Waals surface area (Å²) < 4.78 is 0. The number of carbonyl (C=O) groups excluding carboxylic acids is 2. The third-order valence-corrected chi connectivity index (χ3v) is 3.33. The van der Waals surface area contributed by atoms with Gasteiger partial charge in [0.15, 0.2) is 0 Å². The fourth-order valence-electron chi connectivity index (χ4n) is 2.30. The van der Waals surface area contributed by atoms with Crippen molar-refractivity contribution < 1.29 is 9.59 Å². The van der Waals surface area contributed by atoms with Gasteiger partial charge in [0.25, 0.3) is 0 Å². The maximum Gasteiger partial charge on any atom is 0.209 e. The van der Waals surface area contributed by atoms with E-state index in [0.29, 0.717) is 19.4 Å². The van der Waals surface area contributed by atoms with Gasteiger partial charge in [-0.2, -0.15) is 0 Å². The van der Waals surface area contributed by atoms with E-state index < -0.39 is 0 Å². The van der Waals surface area contributed by atoms with Crippen LogP contribution in [0.4, 0.5) is 0 Å². The van der Waals surface area contributed by atoms with Gasteiger partial charge in [0, 0.05) is 25.4 Å². The van der Waals surface area contributed by atoms with Crippen molar-refractivity contribution in [3.8, 4) is 0 Å². The summed E-state index contributed by atoms with van der Waals surface area (Å²) in [6.07, 6.45) is 3.70. The molecule has 0 aromatic heterocycles. The first-order chi connectivity index (χ1) is 8.29. The predicted octanol–water partition coefficient (Wildman–Crippen LogP) is 1.81. The molecule has 0 radical (unpaired) electrons. The molecule has 17 heavy (non-hydrogen) atoms. The van der Waals surface area contributed by atoms with E-state index in [2.05, 4.69) is 12.1 Å². The minimum absolute atomic E-state index is 0.0916. The van der Waals surface area contributed by atoms with E-state index in [9.17, 15) is 9.59 Å². The van der Waals surface area contributed by atoms with Gasteiger partial charge in [-0.05, 0) is 18.4 Å². The molecule has 90 valence electrons. The lowest BCUT2D eigenvalue weighted by Gasteiger charge is -2.31. The van der Waals surface area contributed by atoms with Crippen molar-refractivity contribution in [2.45, 2.75) is 31.7 Å². The molecule has 3 heteroatoms. The molecular weight excluding hydrogens is 214 g/mol. The Morgan fingerprint density at radius 3 is 2.76 bits per heavy atom. The van der Waals surface area contributed by atoms with Crippen molar-refractivity contribution in [3.63, 3.8) is 0 Å². The van der Waals surface area contributed by atoms with Crippen LogP contribution in [0.3, 0.4) is 0 Å². The number of piperidine rings is 1. The topological polar surface area (TPSA) is 37.4 Å². The Balaban J connectivity index is 1.92. The van der Waals surface area contributed by atoms with Crippen LogP contribution in [0.15, 0.2) is 30.3 Å². The van der Waals surface area contributed by atoms with Crippen molar-refractivity contribution in [2.75, 3.05) is 6.54 Å². The van der Waals surface area contributed by atoms with E-state index in [-0.39, 0.29) is 11.8 Å². The van der Waals surface area contributed by atoms with Crippen LogP contribution in [0.1, 0.15) is 24.8 Å². The monoisotopic (exact) mass is 231 g/mol. The standard InChI is InChI=1S/C14H17NO2/c16-11-15-9-8-14(17)10-13(15)7-6-12-4-2-1-3-5-12/h1-5,11,13H,6-10H2. The third-order valence-electron chi connectivity index (χ3n) is 3.33. The average Bonchev–Trinajstić information content (AvgIpc) is 2.38. The van der Waals surface area contributed by atoms with Crippen LogP contribution >= 0.6 is 0 Å². The zero-order chi connectivity index (χ0) is 12.1. The van der Waals surface area contributed by atoms with Gasteiger partial charge in [0.2, 0.25) is 6.41 Å². The molecule has 1 fully saturated rings. The second-order valence-electron chi connectivity index (χ2n) is 4.51. The number of rotatable bonds is 4. The fraction of sp³-hybridized carbons (Fsp3) is 0.429. The number of carbonyl (C=O) groups is 2. The molecule has 0 bridgehead atoms. The van der Waals surface area contributed by atoms with Crippen molar-refractivity contribution in [1.29, 1.82) is 0 Å². The lowest BCUT2D eigenvalue weighted by atomic mass is 9.95. The molecular formula is C14H17NO2. The van der Waals surface area contributed by atoms with E-state index >= 15 is 0 Å². The molecule has 1 unspecified atom stereocenters. The molecule has 1 aromatic carbocycles. The van der Waals surface area contributed by atoms with Gasteiger partial charge in [-0.15, -0.1) is 0 Å². The molecule has 1 aliphatic heterocycles. The van der Waals surface area contributed by atoms with Crippen LogP contribution in [0.25, 0.3) is 0 Å². The zero-order valence-electron chi connectivity index (χ0n) is 9.84. The highest BCUT2D eigenvalue weighted by Gasteiger charge is 2.25. The highest BCUT2D eigenvalue weighted by Crippen LogP contribution is 2.17. The molecule has 0 spiro atoms. The Kier molecular flexibility index (Phi) is 3.91. The molecule has 1 atom stereocenters. The van der Waals surface area contributed by atoms with Gasteiger partial charge in [0.05, 0.1) is 0 Å². The van der Waals surface area contributed by atoms with Gasteiger partial charge in [-0.25, -0.2) is 0 Å². The predicted molar refractivity (Wildman–Crippen MR) is 65.6 cm³/mol. The van der Waals surface area contributed by atoms with Crippen molar-refractivity contribution in [1.82, 2.24) is 4.90 Å². The van der Waals surface area contributed by atoms with Crippen molar-refractivity contribution in [3.05, 3.63) is 35.9 Å². The van der Waals surface area contributed by atoms with Crippen molar-refractivity contribution in [2.24, 2.45) is 0 Å². The molecule has 0 saturated carbocycles. The molecule has 1 heterocycles. The SMILES string of the molecule is O=CN1CCC(=O)CC1CCc1ccccc1. The molecule has 1 aliphatic rings. The maximum atomic E-state index is 11.4. The normalized spacial score (nSPS) is 20.4. The van der Waals surface area contributed by atoms with Gasteiger partial charge in [0.1, 0.15) is 5.78 Å². The summed E-state index contributed by atoms with van der Waals surface area (Å²) >= 11 is 0. The molecule has 1 aromatic rings. The third kappa shape index (κ3) is 3.16. The lowest BCUT2D eigenvalue weighted by Crippen LogP contribution is -2.42. The number of aryl methyl sites for hydroxylation is 1. The van der Waals surface area contributed by atoms with Gasteiger partial charge in [-0.3, -0.25) is 9.59 Å². The van der Waals surface area contributed by atoms with Crippen LogP contribution in [-0.2, 0) is 16.0 Å². The average molecular weight is 231 g/mol. The number of benzene rings is 1. The largest absolute Gasteiger partial charge is 0.341 e. The number of Topliss-reactive ketones (excluding diaryl/α,β-unsaturated/α-hetero) is 1. The first-order valence-corrected chi connectivity index (χ1v) is 6.06. The van der Waals surface area contributed by atoms with Gasteiger partial charge < -0.3 is 4.90 Å². The number of likely N-dealkylation sites (tertiary alicyclic amines) is 1. The number of amides is 1. The lowest BCUT2D eigenvalue weighted by molar-refractivity contribution is -0.129. The maximum absolute atomic E-state index is 11.4. The summed E-state index contributed by atoms with van der Waals surface area (Å²) in [7, 11) is 0. The van der Waals surface area contributed by atoms with Gasteiger partial charge in [-0.1, -0.05) is 30.3 Å². The first kappa shape index (κ1) is 11.8. The molecule has 2 rings (SSSR count). The van der Waals surface area contributed by atoms with Crippen LogP contribution in [0, 0.1) is 0 Å². The van der Waals surface area contributed by atoms with E-state index in [1.54, 1.807) is 4.90 Å². The quantitative estimate of drug-likeness (QED) is 0.741. The van der Waals surface area contributed by atoms with E-state index in [0.717, 1.165) is 19.3 Å². The summed E-state index contributed by atoms with van der Waals surface area (Å²) in [4.78, 5) is 24.1. The fourth-order valence-corrected chi connectivity index (χ4v) is 2.30. The Bertz CT molecular complexity index is 388. The second-order valence-corrected chi connectivity index (χ2v) is 4.51. The summed E-state index contributed by atoms with van der Waals surface area (Å²) in [5, 5.41) is 0. The first-order valence-electron chi connectivity index (χ1n) is 6.06. The Morgan fingerprint density at radius 1 is 1.29 bits per heavy atom. The van der Waals surface area contributed by atoms with Crippen LogP contribution < -0.4 is 0 Å². The summed E-state index contributed by atoms with van der Waals surface area (Å²) in [6.45, 7) is 0.585. The highest BCUT2D eigenvalue weighted by atomic mass is 16.1. The molecule has 0 aliphatic carbocycles. The number of hydrogen-bond donors (Lipinski definition) is 0. The smallest absolute Gasteiger partial charge is 0.209 e. The molecule has 0 N–H and O–H groups in total. The van der Waals surface area contributed by atoms with E-state index in [1.165, 1.54) is 5.56 Å². The molecule has 3 nitrogen and oxygen atoms in total. The summed E-state index contributed by atoms with van der Waals surface area (Å²) in [5.41, 5.74) is 1.26. The number of hydrogen-bond acceptors (Lipinski definition) is 2. The van der Waals surface area contributed by atoms with E-state index in [4.69, 9.17) is 0 Å². The van der Waals surface area contributed by atoms with E-state index in [1.807, 2.05) is 18.2 Å². The summed E-state index contributed by atoms with van der Waals surface area (Å²) in [6, 6.07) is 10.3. The second kappa shape index (κ2) is 5.62. The Hall–Kier alpha value is -1.64. The van der Waals surface area contributed by atoms with Crippen molar-refractivity contribution >= 4 is 12.2 Å². The minimum Gasteiger partial charge on any atom is -0.341 e. The number of nitrogens with zero attached hydrogens (tertiary/aromatic N) is 1. The molecule has 1 amide bonds. The Morgan fingerprint density at radius 2 is 2.06 bits per heavy atom. The molecule has 1 saturated heterocycles. The van der Waals surface area contributed by atoms with Crippen LogP contribution in [-0.4, -0.2) is 29.7 Å². The van der Waals surface area contributed by atoms with Crippen LogP contribution in [0.5, 0.6) is 0 Å². The number of ketones is 1.